The molecule has 6 nitrogen and oxygen atoms in total. The lowest BCUT2D eigenvalue weighted by Crippen LogP contribution is -2.45. The molecule has 116 valence electrons. The second-order valence-corrected chi connectivity index (χ2v) is 6.01. The monoisotopic (exact) mass is 293 g/mol. The lowest BCUT2D eigenvalue weighted by atomic mass is 9.86. The summed E-state index contributed by atoms with van der Waals surface area (Å²) in [6, 6.07) is 2.77. The SMILES string of the molecule is CCCn1nc(C(=O)NC2CCCC2(C)CO)ccc1=O. The second-order valence-electron chi connectivity index (χ2n) is 6.01. The Labute approximate surface area is 124 Å². The zero-order chi connectivity index (χ0) is 15.5. The van der Waals surface area contributed by atoms with Gasteiger partial charge in [-0.05, 0) is 25.3 Å². The van der Waals surface area contributed by atoms with Gasteiger partial charge in [-0.25, -0.2) is 4.68 Å². The van der Waals surface area contributed by atoms with Crippen molar-refractivity contribution in [1.29, 1.82) is 0 Å². The fraction of sp³-hybridized carbons (Fsp3) is 0.667. The van der Waals surface area contributed by atoms with Gasteiger partial charge in [0.2, 0.25) is 0 Å². The van der Waals surface area contributed by atoms with Crippen LogP contribution in [0.1, 0.15) is 50.0 Å². The van der Waals surface area contributed by atoms with Crippen LogP contribution in [0.3, 0.4) is 0 Å². The van der Waals surface area contributed by atoms with E-state index in [0.717, 1.165) is 25.7 Å². The first-order valence-electron chi connectivity index (χ1n) is 7.50. The van der Waals surface area contributed by atoms with Crippen molar-refractivity contribution < 1.29 is 9.90 Å². The molecule has 21 heavy (non-hydrogen) atoms. The Bertz CT molecular complexity index is 570. The van der Waals surface area contributed by atoms with Crippen molar-refractivity contribution in [3.8, 4) is 0 Å². The Hall–Kier alpha value is -1.69. The van der Waals surface area contributed by atoms with Crippen LogP contribution in [0.25, 0.3) is 0 Å². The van der Waals surface area contributed by atoms with Crippen LogP contribution in [0, 0.1) is 5.41 Å². The maximum Gasteiger partial charge on any atom is 0.271 e. The van der Waals surface area contributed by atoms with Gasteiger partial charge >= 0.3 is 0 Å². The van der Waals surface area contributed by atoms with Gasteiger partial charge in [0.05, 0.1) is 6.61 Å². The summed E-state index contributed by atoms with van der Waals surface area (Å²) in [4.78, 5) is 23.9. The molecule has 0 aromatic carbocycles. The van der Waals surface area contributed by atoms with E-state index in [4.69, 9.17) is 0 Å². The molecular formula is C15H23N3O3. The number of aromatic nitrogens is 2. The van der Waals surface area contributed by atoms with Gasteiger partial charge in [-0.3, -0.25) is 9.59 Å². The quantitative estimate of drug-likeness (QED) is 0.846. The number of rotatable bonds is 5. The number of aliphatic hydroxyl groups is 1. The molecule has 2 N–H and O–H groups in total. The molecule has 6 heteroatoms. The number of nitrogens with one attached hydrogen (secondary N) is 1. The van der Waals surface area contributed by atoms with E-state index in [-0.39, 0.29) is 35.2 Å². The number of carbonyl (C=O) groups excluding carboxylic acids is 1. The molecule has 1 amide bonds. The summed E-state index contributed by atoms with van der Waals surface area (Å²) in [6.07, 6.45) is 3.53. The third-order valence-electron chi connectivity index (χ3n) is 4.28. The van der Waals surface area contributed by atoms with Crippen LogP contribution in [0.15, 0.2) is 16.9 Å². The number of hydrogen-bond donors (Lipinski definition) is 2. The van der Waals surface area contributed by atoms with Crippen LogP contribution in [-0.4, -0.2) is 33.4 Å². The molecule has 0 aliphatic heterocycles. The molecule has 0 spiro atoms. The van der Waals surface area contributed by atoms with Gasteiger partial charge in [0, 0.05) is 24.1 Å². The molecule has 1 aliphatic rings. The minimum absolute atomic E-state index is 0.0525. The summed E-state index contributed by atoms with van der Waals surface area (Å²) in [5, 5.41) is 16.6. The van der Waals surface area contributed by atoms with Gasteiger partial charge in [-0.1, -0.05) is 20.3 Å². The standard InChI is InChI=1S/C15H23N3O3/c1-3-9-18-13(20)7-6-11(17-18)14(21)16-12-5-4-8-15(12,2)10-19/h6-7,12,19H,3-5,8-10H2,1-2H3,(H,16,21). The smallest absolute Gasteiger partial charge is 0.271 e. The number of hydrogen-bond acceptors (Lipinski definition) is 4. The minimum Gasteiger partial charge on any atom is -0.396 e. The van der Waals surface area contributed by atoms with Crippen molar-refractivity contribution in [2.75, 3.05) is 6.61 Å². The van der Waals surface area contributed by atoms with E-state index < -0.39 is 0 Å². The lowest BCUT2D eigenvalue weighted by molar-refractivity contribution is 0.0823. The predicted octanol–water partition coefficient (Wildman–Crippen LogP) is 0.934. The summed E-state index contributed by atoms with van der Waals surface area (Å²) in [7, 11) is 0. The highest BCUT2D eigenvalue weighted by Crippen LogP contribution is 2.37. The van der Waals surface area contributed by atoms with Gasteiger partial charge in [0.1, 0.15) is 5.69 Å². The van der Waals surface area contributed by atoms with Crippen LogP contribution in [0.2, 0.25) is 0 Å². The van der Waals surface area contributed by atoms with E-state index in [9.17, 15) is 14.7 Å². The first kappa shape index (κ1) is 15.7. The number of aryl methyl sites for hydroxylation is 1. The van der Waals surface area contributed by atoms with Crippen LogP contribution < -0.4 is 10.9 Å². The van der Waals surface area contributed by atoms with E-state index >= 15 is 0 Å². The molecule has 2 rings (SSSR count). The molecule has 0 saturated heterocycles. The van der Waals surface area contributed by atoms with E-state index in [1.54, 1.807) is 0 Å². The highest BCUT2D eigenvalue weighted by molar-refractivity contribution is 5.92. The minimum atomic E-state index is -0.286. The first-order chi connectivity index (χ1) is 10.00. The Morgan fingerprint density at radius 3 is 3.00 bits per heavy atom. The summed E-state index contributed by atoms with van der Waals surface area (Å²) in [5.74, 6) is -0.286. The molecule has 0 radical (unpaired) electrons. The normalized spacial score (nSPS) is 25.0. The molecule has 2 unspecified atom stereocenters. The number of amides is 1. The van der Waals surface area contributed by atoms with Crippen molar-refractivity contribution in [1.82, 2.24) is 15.1 Å². The summed E-state index contributed by atoms with van der Waals surface area (Å²) >= 11 is 0. The third-order valence-corrected chi connectivity index (χ3v) is 4.28. The van der Waals surface area contributed by atoms with Crippen molar-refractivity contribution in [3.63, 3.8) is 0 Å². The van der Waals surface area contributed by atoms with Crippen molar-refractivity contribution in [2.45, 2.75) is 52.1 Å². The van der Waals surface area contributed by atoms with E-state index in [2.05, 4.69) is 10.4 Å². The van der Waals surface area contributed by atoms with Crippen molar-refractivity contribution in [3.05, 3.63) is 28.2 Å². The van der Waals surface area contributed by atoms with Crippen LogP contribution in [-0.2, 0) is 6.54 Å². The van der Waals surface area contributed by atoms with Gasteiger partial charge in [0.25, 0.3) is 11.5 Å². The fourth-order valence-corrected chi connectivity index (χ4v) is 2.84. The summed E-state index contributed by atoms with van der Waals surface area (Å²) in [6.45, 7) is 4.49. The number of nitrogens with zero attached hydrogens (tertiary/aromatic N) is 2. The van der Waals surface area contributed by atoms with Gasteiger partial charge in [-0.15, -0.1) is 0 Å². The maximum atomic E-state index is 12.3. The van der Waals surface area contributed by atoms with Crippen LogP contribution >= 0.6 is 0 Å². The molecule has 1 saturated carbocycles. The Kier molecular flexibility index (Phi) is 4.77. The van der Waals surface area contributed by atoms with E-state index in [0.29, 0.717) is 6.54 Å². The van der Waals surface area contributed by atoms with Crippen molar-refractivity contribution >= 4 is 5.91 Å². The Balaban J connectivity index is 2.14. The van der Waals surface area contributed by atoms with Gasteiger partial charge in [0.15, 0.2) is 0 Å². The number of aliphatic hydroxyl groups excluding tert-OH is 1. The van der Waals surface area contributed by atoms with Crippen LogP contribution in [0.4, 0.5) is 0 Å². The molecule has 1 aliphatic carbocycles. The summed E-state index contributed by atoms with van der Waals surface area (Å²) in [5.41, 5.74) is -0.224. The molecule has 1 aromatic heterocycles. The highest BCUT2D eigenvalue weighted by Gasteiger charge is 2.39. The topological polar surface area (TPSA) is 84.2 Å². The van der Waals surface area contributed by atoms with Crippen molar-refractivity contribution in [2.24, 2.45) is 5.41 Å². The van der Waals surface area contributed by atoms with Gasteiger partial charge in [-0.2, -0.15) is 5.10 Å². The maximum absolute atomic E-state index is 12.3. The molecular weight excluding hydrogens is 270 g/mol. The fourth-order valence-electron chi connectivity index (χ4n) is 2.84. The van der Waals surface area contributed by atoms with Crippen LogP contribution in [0.5, 0.6) is 0 Å². The summed E-state index contributed by atoms with van der Waals surface area (Å²) < 4.78 is 1.31. The molecule has 1 aromatic rings. The predicted molar refractivity (Wildman–Crippen MR) is 79.1 cm³/mol. The molecule has 1 fully saturated rings. The second kappa shape index (κ2) is 6.39. The lowest BCUT2D eigenvalue weighted by Gasteiger charge is -2.29. The first-order valence-corrected chi connectivity index (χ1v) is 7.50. The average molecular weight is 293 g/mol. The zero-order valence-electron chi connectivity index (χ0n) is 12.6. The Morgan fingerprint density at radius 2 is 2.33 bits per heavy atom. The number of carbonyl (C=O) groups is 1. The van der Waals surface area contributed by atoms with Gasteiger partial charge < -0.3 is 10.4 Å². The molecule has 1 heterocycles. The highest BCUT2D eigenvalue weighted by atomic mass is 16.3. The Morgan fingerprint density at radius 1 is 1.57 bits per heavy atom. The largest absolute Gasteiger partial charge is 0.396 e. The molecule has 2 atom stereocenters. The molecule has 0 bridgehead atoms. The zero-order valence-corrected chi connectivity index (χ0v) is 12.6. The van der Waals surface area contributed by atoms with E-state index in [1.807, 2.05) is 13.8 Å². The average Bonchev–Trinajstić information content (AvgIpc) is 2.83. The third kappa shape index (κ3) is 3.32. The van der Waals surface area contributed by atoms with E-state index in [1.165, 1.54) is 16.8 Å².